The highest BCUT2D eigenvalue weighted by Gasteiger charge is 2.30. The van der Waals surface area contributed by atoms with Crippen molar-refractivity contribution in [3.63, 3.8) is 0 Å². The minimum absolute atomic E-state index is 0.825. The van der Waals surface area contributed by atoms with Crippen LogP contribution in [0.5, 0.6) is 0 Å². The van der Waals surface area contributed by atoms with Crippen molar-refractivity contribution in [1.82, 2.24) is 0 Å². The van der Waals surface area contributed by atoms with E-state index in [9.17, 15) is 0 Å². The molecule has 6 rings (SSSR count). The monoisotopic (exact) mass is 429 g/mol. The van der Waals surface area contributed by atoms with Gasteiger partial charge in [0.25, 0.3) is 0 Å². The van der Waals surface area contributed by atoms with Crippen LogP contribution in [-0.4, -0.2) is 0 Å². The second-order valence-electron chi connectivity index (χ2n) is 9.90. The molecular weight excluding hydrogens is 398 g/mol. The molecule has 1 heteroatoms. The van der Waals surface area contributed by atoms with Crippen LogP contribution in [0.15, 0.2) is 96.6 Å². The van der Waals surface area contributed by atoms with Gasteiger partial charge >= 0.3 is 0 Å². The molecule has 4 aromatic carbocycles. The molecule has 4 aromatic rings. The van der Waals surface area contributed by atoms with Gasteiger partial charge in [-0.3, -0.25) is 0 Å². The molecule has 0 aliphatic heterocycles. The first-order chi connectivity index (χ1) is 16.2. The van der Waals surface area contributed by atoms with Gasteiger partial charge in [0.15, 0.2) is 0 Å². The van der Waals surface area contributed by atoms with Gasteiger partial charge in [-0.25, -0.2) is 0 Å². The SMILES string of the molecule is CC1=C(c2ccc(Nc3ccc(-c4cccc5ccccc45)cc3)cc2)CC2CCCC1C2. The van der Waals surface area contributed by atoms with Gasteiger partial charge in [0.1, 0.15) is 0 Å². The zero-order valence-electron chi connectivity index (χ0n) is 19.4. The van der Waals surface area contributed by atoms with Gasteiger partial charge in [-0.2, -0.15) is 0 Å². The normalized spacial score (nSPS) is 20.2. The van der Waals surface area contributed by atoms with E-state index in [2.05, 4.69) is 103 Å². The van der Waals surface area contributed by atoms with E-state index in [0.29, 0.717) is 0 Å². The predicted octanol–water partition coefficient (Wildman–Crippen LogP) is 9.23. The Kier molecular flexibility index (Phi) is 5.26. The van der Waals surface area contributed by atoms with Crippen LogP contribution in [0.3, 0.4) is 0 Å². The third-order valence-electron chi connectivity index (χ3n) is 7.87. The Morgan fingerprint density at radius 1 is 0.697 bits per heavy atom. The number of benzene rings is 4. The van der Waals surface area contributed by atoms with Gasteiger partial charge < -0.3 is 5.32 Å². The van der Waals surface area contributed by atoms with Crippen molar-refractivity contribution >= 4 is 27.7 Å². The van der Waals surface area contributed by atoms with Gasteiger partial charge in [0.05, 0.1) is 0 Å². The summed E-state index contributed by atoms with van der Waals surface area (Å²) in [6.45, 7) is 2.38. The van der Waals surface area contributed by atoms with E-state index in [-0.39, 0.29) is 0 Å². The summed E-state index contributed by atoms with van der Waals surface area (Å²) in [7, 11) is 0. The topological polar surface area (TPSA) is 12.0 Å². The molecule has 0 amide bonds. The summed E-state index contributed by atoms with van der Waals surface area (Å²) >= 11 is 0. The third-order valence-corrected chi connectivity index (χ3v) is 7.87. The summed E-state index contributed by atoms with van der Waals surface area (Å²) in [4.78, 5) is 0. The maximum atomic E-state index is 3.58. The standard InChI is InChI=1S/C32H31N/c1-22-27-9-4-6-23(20-27)21-32(22)26-14-18-29(19-15-26)33-28-16-12-25(13-17-28)31-11-5-8-24-7-2-3-10-30(24)31/h2-3,5,7-8,10-19,23,27,33H,4,6,9,20-21H2,1H3. The largest absolute Gasteiger partial charge is 0.356 e. The van der Waals surface area contributed by atoms with Crippen LogP contribution in [0.2, 0.25) is 0 Å². The molecule has 1 nitrogen and oxygen atoms in total. The van der Waals surface area contributed by atoms with Crippen molar-refractivity contribution < 1.29 is 0 Å². The fourth-order valence-corrected chi connectivity index (χ4v) is 6.04. The Bertz CT molecular complexity index is 1310. The average Bonchev–Trinajstić information content (AvgIpc) is 2.87. The van der Waals surface area contributed by atoms with Crippen molar-refractivity contribution in [3.05, 3.63) is 102 Å². The molecular formula is C32H31N. The Labute approximate surface area is 197 Å². The number of fused-ring (bicyclic) bond motifs is 3. The van der Waals surface area contributed by atoms with Gasteiger partial charge in [0.2, 0.25) is 0 Å². The average molecular weight is 430 g/mol. The molecule has 2 bridgehead atoms. The summed E-state index contributed by atoms with van der Waals surface area (Å²) in [5.74, 6) is 1.73. The maximum Gasteiger partial charge on any atom is 0.0384 e. The minimum Gasteiger partial charge on any atom is -0.356 e. The number of hydrogen-bond acceptors (Lipinski definition) is 1. The second-order valence-corrected chi connectivity index (χ2v) is 9.90. The van der Waals surface area contributed by atoms with E-state index in [1.165, 1.54) is 59.6 Å². The minimum atomic E-state index is 0.825. The Hall–Kier alpha value is -3.32. The molecule has 0 aromatic heterocycles. The van der Waals surface area contributed by atoms with Crippen LogP contribution in [0, 0.1) is 11.8 Å². The lowest BCUT2D eigenvalue weighted by Gasteiger charge is -2.37. The van der Waals surface area contributed by atoms with Crippen molar-refractivity contribution in [3.8, 4) is 11.1 Å². The van der Waals surface area contributed by atoms with Crippen LogP contribution >= 0.6 is 0 Å². The smallest absolute Gasteiger partial charge is 0.0384 e. The molecule has 2 unspecified atom stereocenters. The summed E-state index contributed by atoms with van der Waals surface area (Å²) in [5, 5.41) is 6.17. The summed E-state index contributed by atoms with van der Waals surface area (Å²) in [6.07, 6.45) is 6.92. The molecule has 164 valence electrons. The maximum absolute atomic E-state index is 3.58. The number of rotatable bonds is 4. The van der Waals surface area contributed by atoms with Crippen molar-refractivity contribution in [2.24, 2.45) is 11.8 Å². The van der Waals surface area contributed by atoms with E-state index < -0.39 is 0 Å². The van der Waals surface area contributed by atoms with Crippen molar-refractivity contribution in [2.45, 2.75) is 39.0 Å². The van der Waals surface area contributed by atoms with E-state index in [1.54, 1.807) is 11.1 Å². The molecule has 1 fully saturated rings. The molecule has 33 heavy (non-hydrogen) atoms. The Morgan fingerprint density at radius 3 is 2.18 bits per heavy atom. The van der Waals surface area contributed by atoms with E-state index in [0.717, 1.165) is 23.2 Å². The number of anilines is 2. The third kappa shape index (κ3) is 3.97. The molecule has 1 N–H and O–H groups in total. The highest BCUT2D eigenvalue weighted by atomic mass is 14.9. The first-order valence-electron chi connectivity index (χ1n) is 12.4. The van der Waals surface area contributed by atoms with Gasteiger partial charge in [-0.15, -0.1) is 0 Å². The first-order valence-corrected chi connectivity index (χ1v) is 12.4. The quantitative estimate of drug-likeness (QED) is 0.341. The lowest BCUT2D eigenvalue weighted by atomic mass is 9.68. The van der Waals surface area contributed by atoms with Crippen LogP contribution in [-0.2, 0) is 0 Å². The van der Waals surface area contributed by atoms with E-state index >= 15 is 0 Å². The summed E-state index contributed by atoms with van der Waals surface area (Å²) in [5.41, 5.74) is 9.47. The lowest BCUT2D eigenvalue weighted by Crippen LogP contribution is -2.22. The van der Waals surface area contributed by atoms with Crippen LogP contribution < -0.4 is 5.32 Å². The van der Waals surface area contributed by atoms with Gasteiger partial charge in [-0.1, -0.05) is 85.1 Å². The molecule has 0 spiro atoms. The highest BCUT2D eigenvalue weighted by Crippen LogP contribution is 2.46. The molecule has 2 aliphatic carbocycles. The van der Waals surface area contributed by atoms with Crippen LogP contribution in [0.1, 0.15) is 44.6 Å². The lowest BCUT2D eigenvalue weighted by molar-refractivity contribution is 0.284. The summed E-state index contributed by atoms with van der Waals surface area (Å²) < 4.78 is 0. The zero-order valence-corrected chi connectivity index (χ0v) is 19.4. The Morgan fingerprint density at radius 2 is 1.39 bits per heavy atom. The van der Waals surface area contributed by atoms with Gasteiger partial charge in [-0.05, 0) is 95.3 Å². The van der Waals surface area contributed by atoms with Crippen LogP contribution in [0.25, 0.3) is 27.5 Å². The number of hydrogen-bond donors (Lipinski definition) is 1. The van der Waals surface area contributed by atoms with Crippen molar-refractivity contribution in [1.29, 1.82) is 0 Å². The first kappa shape index (κ1) is 20.3. The zero-order chi connectivity index (χ0) is 22.2. The molecule has 1 saturated carbocycles. The molecule has 2 atom stereocenters. The van der Waals surface area contributed by atoms with Crippen LogP contribution in [0.4, 0.5) is 11.4 Å². The Balaban J connectivity index is 1.20. The summed E-state index contributed by atoms with van der Waals surface area (Å²) in [6, 6.07) is 33.0. The molecule has 2 aliphatic rings. The number of nitrogens with one attached hydrogen (secondary N) is 1. The van der Waals surface area contributed by atoms with Crippen molar-refractivity contribution in [2.75, 3.05) is 5.32 Å². The number of allylic oxidation sites excluding steroid dienone is 2. The molecule has 0 radical (unpaired) electrons. The second kappa shape index (κ2) is 8.56. The predicted molar refractivity (Wildman–Crippen MR) is 142 cm³/mol. The van der Waals surface area contributed by atoms with E-state index in [4.69, 9.17) is 0 Å². The van der Waals surface area contributed by atoms with Gasteiger partial charge in [0, 0.05) is 11.4 Å². The molecule has 0 heterocycles. The van der Waals surface area contributed by atoms with E-state index in [1.807, 2.05) is 0 Å². The fourth-order valence-electron chi connectivity index (χ4n) is 6.04. The highest BCUT2D eigenvalue weighted by molar-refractivity contribution is 5.96. The fraction of sp³-hybridized carbons (Fsp3) is 0.250. The molecule has 0 saturated heterocycles.